The largest absolute Gasteiger partial charge is 0.495 e. The zero-order valence-electron chi connectivity index (χ0n) is 20.4. The Hall–Kier alpha value is -2.90. The molecule has 3 heterocycles. The molecule has 2 aliphatic rings. The predicted octanol–water partition coefficient (Wildman–Crippen LogP) is 5.32. The van der Waals surface area contributed by atoms with E-state index in [1.165, 1.54) is 16.9 Å². The Morgan fingerprint density at radius 1 is 1.06 bits per heavy atom. The maximum Gasteiger partial charge on any atom is 0.270 e. The molecular formula is C27H33N3O3S. The number of carbonyl (C=O) groups is 1. The van der Waals surface area contributed by atoms with Crippen molar-refractivity contribution in [2.45, 2.75) is 46.1 Å². The summed E-state index contributed by atoms with van der Waals surface area (Å²) in [5, 5.41) is 10.7. The number of aromatic nitrogens is 1. The maximum atomic E-state index is 13.4. The smallest absolute Gasteiger partial charge is 0.270 e. The first-order valence-electron chi connectivity index (χ1n) is 12.0. The molecule has 3 aromatic rings. The molecule has 1 saturated heterocycles. The van der Waals surface area contributed by atoms with Crippen molar-refractivity contribution in [1.29, 1.82) is 0 Å². The van der Waals surface area contributed by atoms with Crippen LogP contribution in [0.1, 0.15) is 47.6 Å². The minimum atomic E-state index is -0.221. The van der Waals surface area contributed by atoms with E-state index in [1.807, 2.05) is 36.9 Å². The van der Waals surface area contributed by atoms with Crippen molar-refractivity contribution in [3.05, 3.63) is 58.6 Å². The minimum Gasteiger partial charge on any atom is -0.495 e. The van der Waals surface area contributed by atoms with E-state index in [-0.39, 0.29) is 12.0 Å². The Kier molecular flexibility index (Phi) is 7.54. The Morgan fingerprint density at radius 2 is 1.76 bits per heavy atom. The van der Waals surface area contributed by atoms with Crippen molar-refractivity contribution in [3.63, 3.8) is 0 Å². The molecule has 0 unspecified atom stereocenters. The number of carbonyl (C=O) groups excluding carboxylic acids is 1. The van der Waals surface area contributed by atoms with Gasteiger partial charge in [0.25, 0.3) is 5.91 Å². The van der Waals surface area contributed by atoms with Crippen molar-refractivity contribution in [1.82, 2.24) is 4.98 Å². The number of methoxy groups -OCH3 is 1. The second kappa shape index (κ2) is 10.6. The number of ether oxygens (including phenoxy) is 1. The van der Waals surface area contributed by atoms with Crippen LogP contribution in [-0.2, 0) is 6.42 Å². The van der Waals surface area contributed by atoms with Gasteiger partial charge < -0.3 is 19.6 Å². The number of hydrogen-bond acceptors (Lipinski definition) is 6. The number of amides is 1. The third kappa shape index (κ3) is 4.81. The first-order chi connectivity index (χ1) is 16.5. The predicted molar refractivity (Wildman–Crippen MR) is 139 cm³/mol. The summed E-state index contributed by atoms with van der Waals surface area (Å²) < 4.78 is 5.68. The van der Waals surface area contributed by atoms with E-state index in [0.717, 1.165) is 70.6 Å². The second-order valence-electron chi connectivity index (χ2n) is 8.44. The quantitative estimate of drug-likeness (QED) is 0.549. The fraction of sp³-hybridized carbons (Fsp3) is 0.407. The molecular weight excluding hydrogens is 446 g/mol. The molecule has 1 aromatic heterocycles. The molecule has 0 aliphatic carbocycles. The van der Waals surface area contributed by atoms with Crippen LogP contribution >= 0.6 is 11.3 Å². The number of fused-ring (bicyclic) bond motifs is 1. The number of thiazole rings is 1. The zero-order valence-corrected chi connectivity index (χ0v) is 21.2. The van der Waals surface area contributed by atoms with Gasteiger partial charge in [-0.1, -0.05) is 43.7 Å². The lowest BCUT2D eigenvalue weighted by Crippen LogP contribution is -2.37. The summed E-state index contributed by atoms with van der Waals surface area (Å²) in [7, 11) is 1.66. The number of anilines is 2. The molecule has 0 atom stereocenters. The van der Waals surface area contributed by atoms with Gasteiger partial charge in [-0.15, -0.1) is 11.3 Å². The molecule has 34 heavy (non-hydrogen) atoms. The van der Waals surface area contributed by atoms with Gasteiger partial charge in [0.1, 0.15) is 15.6 Å². The summed E-state index contributed by atoms with van der Waals surface area (Å²) >= 11 is 1.47. The molecule has 2 aromatic carbocycles. The van der Waals surface area contributed by atoms with Crippen LogP contribution in [0.15, 0.2) is 42.5 Å². The van der Waals surface area contributed by atoms with E-state index in [9.17, 15) is 9.90 Å². The van der Waals surface area contributed by atoms with Crippen LogP contribution in [0, 0.1) is 6.92 Å². The molecule has 0 bridgehead atoms. The van der Waals surface area contributed by atoms with Crippen LogP contribution in [0.25, 0.3) is 10.6 Å². The normalized spacial score (nSPS) is 16.1. The summed E-state index contributed by atoms with van der Waals surface area (Å²) in [6, 6.07) is 14.2. The molecule has 6 nitrogen and oxygen atoms in total. The topological polar surface area (TPSA) is 65.9 Å². The van der Waals surface area contributed by atoms with Crippen molar-refractivity contribution in [2.75, 3.05) is 36.5 Å². The Balaban J connectivity index is 0.00000133. The summed E-state index contributed by atoms with van der Waals surface area (Å²) in [5.41, 5.74) is 4.99. The lowest BCUT2D eigenvalue weighted by Gasteiger charge is -2.33. The molecule has 7 heteroatoms. The Bertz CT molecular complexity index is 1130. The molecule has 1 fully saturated rings. The van der Waals surface area contributed by atoms with E-state index < -0.39 is 0 Å². The SMILES string of the molecule is CC.COc1cc(N2CCc3nc(-c4ccc(C)cc4)sc3C2=O)ccc1N1CCC(O)CC1. The minimum absolute atomic E-state index is 0.00184. The summed E-state index contributed by atoms with van der Waals surface area (Å²) in [6.45, 7) is 8.25. The van der Waals surface area contributed by atoms with Gasteiger partial charge >= 0.3 is 0 Å². The second-order valence-corrected chi connectivity index (χ2v) is 9.44. The first-order valence-corrected chi connectivity index (χ1v) is 12.8. The van der Waals surface area contributed by atoms with E-state index in [0.29, 0.717) is 6.54 Å². The third-order valence-electron chi connectivity index (χ3n) is 6.29. The van der Waals surface area contributed by atoms with E-state index in [1.54, 1.807) is 7.11 Å². The van der Waals surface area contributed by atoms with Crippen molar-refractivity contribution in [3.8, 4) is 16.3 Å². The monoisotopic (exact) mass is 479 g/mol. The van der Waals surface area contributed by atoms with Gasteiger partial charge in [0.2, 0.25) is 0 Å². The van der Waals surface area contributed by atoms with Gasteiger partial charge in [-0.3, -0.25) is 4.79 Å². The lowest BCUT2D eigenvalue weighted by molar-refractivity contribution is 0.0984. The summed E-state index contributed by atoms with van der Waals surface area (Å²) in [6.07, 6.45) is 2.03. The highest BCUT2D eigenvalue weighted by Crippen LogP contribution is 2.37. The van der Waals surface area contributed by atoms with Crippen LogP contribution in [0.3, 0.4) is 0 Å². The Morgan fingerprint density at radius 3 is 2.44 bits per heavy atom. The van der Waals surface area contributed by atoms with Gasteiger partial charge in [0, 0.05) is 43.4 Å². The fourth-order valence-electron chi connectivity index (χ4n) is 4.40. The van der Waals surface area contributed by atoms with Crippen LogP contribution in [0.4, 0.5) is 11.4 Å². The molecule has 5 rings (SSSR count). The number of piperidine rings is 1. The molecule has 0 spiro atoms. The van der Waals surface area contributed by atoms with Gasteiger partial charge in [0.15, 0.2) is 0 Å². The van der Waals surface area contributed by atoms with Crippen molar-refractivity contribution < 1.29 is 14.6 Å². The van der Waals surface area contributed by atoms with Gasteiger partial charge in [0.05, 0.1) is 24.6 Å². The highest BCUT2D eigenvalue weighted by atomic mass is 32.1. The fourth-order valence-corrected chi connectivity index (χ4v) is 5.46. The number of benzene rings is 2. The Labute approximate surface area is 205 Å². The van der Waals surface area contributed by atoms with Crippen LogP contribution in [0.5, 0.6) is 5.75 Å². The average Bonchev–Trinajstić information content (AvgIpc) is 3.31. The molecule has 1 amide bonds. The van der Waals surface area contributed by atoms with Gasteiger partial charge in [-0.2, -0.15) is 0 Å². The van der Waals surface area contributed by atoms with Crippen molar-refractivity contribution in [2.24, 2.45) is 0 Å². The molecule has 180 valence electrons. The van der Waals surface area contributed by atoms with Crippen LogP contribution in [-0.4, -0.2) is 48.8 Å². The molecule has 2 aliphatic heterocycles. The number of aryl methyl sites for hydroxylation is 1. The van der Waals surface area contributed by atoms with Crippen LogP contribution in [0.2, 0.25) is 0 Å². The maximum absolute atomic E-state index is 13.4. The molecule has 1 N–H and O–H groups in total. The lowest BCUT2D eigenvalue weighted by atomic mass is 10.1. The highest BCUT2D eigenvalue weighted by molar-refractivity contribution is 7.17. The zero-order chi connectivity index (χ0) is 24.2. The van der Waals surface area contributed by atoms with E-state index >= 15 is 0 Å². The number of hydrogen-bond donors (Lipinski definition) is 1. The number of aliphatic hydroxyl groups excluding tert-OH is 1. The first kappa shape index (κ1) is 24.2. The van der Waals surface area contributed by atoms with E-state index in [4.69, 9.17) is 9.72 Å². The average molecular weight is 480 g/mol. The van der Waals surface area contributed by atoms with Gasteiger partial charge in [-0.25, -0.2) is 4.98 Å². The standard InChI is InChI=1S/C25H27N3O3S.C2H6/c1-16-3-5-17(6-4-16)24-26-20-11-14-28(25(30)23(20)32-24)18-7-8-21(22(15-18)31-2)27-12-9-19(29)10-13-27;1-2/h3-8,15,19,29H,9-14H2,1-2H3;1-2H3. The van der Waals surface area contributed by atoms with Gasteiger partial charge in [-0.05, 0) is 31.9 Å². The number of nitrogens with zero attached hydrogens (tertiary/aromatic N) is 3. The van der Waals surface area contributed by atoms with Crippen LogP contribution < -0.4 is 14.5 Å². The third-order valence-corrected chi connectivity index (χ3v) is 7.42. The number of rotatable bonds is 4. The van der Waals surface area contributed by atoms with Crippen molar-refractivity contribution >= 4 is 28.6 Å². The number of aliphatic hydroxyl groups is 1. The molecule has 0 saturated carbocycles. The highest BCUT2D eigenvalue weighted by Gasteiger charge is 2.30. The van der Waals surface area contributed by atoms with E-state index in [2.05, 4.69) is 36.1 Å². The summed E-state index contributed by atoms with van der Waals surface area (Å²) in [4.78, 5) is 22.9. The molecule has 0 radical (unpaired) electrons. The summed E-state index contributed by atoms with van der Waals surface area (Å²) in [5.74, 6) is 0.750.